The zero-order chi connectivity index (χ0) is 21.6. The number of hydrogen-bond acceptors (Lipinski definition) is 2. The summed E-state index contributed by atoms with van der Waals surface area (Å²) in [4.78, 5) is 15.3. The molecule has 4 rings (SSSR count). The van der Waals surface area contributed by atoms with Crippen molar-refractivity contribution in [1.82, 2.24) is 9.47 Å². The number of carbonyl (C=O) groups excluding carboxylic acids is 1. The van der Waals surface area contributed by atoms with E-state index in [9.17, 15) is 4.79 Å². The molecular formula is C27H28N2O2. The quantitative estimate of drug-likeness (QED) is 0.394. The second kappa shape index (κ2) is 9.63. The predicted molar refractivity (Wildman–Crippen MR) is 125 cm³/mol. The third-order valence-corrected chi connectivity index (χ3v) is 5.60. The number of amides is 1. The molecule has 4 aromatic rings. The minimum absolute atomic E-state index is 0.0193. The number of fused-ring (bicyclic) bond motifs is 1. The van der Waals surface area contributed by atoms with Gasteiger partial charge < -0.3 is 14.2 Å². The lowest BCUT2D eigenvalue weighted by molar-refractivity contribution is 0.0676. The summed E-state index contributed by atoms with van der Waals surface area (Å²) >= 11 is 0. The smallest absolute Gasteiger partial charge is 0.254 e. The number of carbonyl (C=O) groups is 1. The van der Waals surface area contributed by atoms with Crippen LogP contribution in [0.15, 0.2) is 85.1 Å². The second-order valence-electron chi connectivity index (χ2n) is 7.89. The normalized spacial score (nSPS) is 11.0. The van der Waals surface area contributed by atoms with Crippen LogP contribution >= 0.6 is 0 Å². The summed E-state index contributed by atoms with van der Waals surface area (Å²) in [7, 11) is 1.67. The van der Waals surface area contributed by atoms with Crippen LogP contribution in [0, 0.1) is 6.92 Å². The van der Waals surface area contributed by atoms with Crippen molar-refractivity contribution >= 4 is 16.7 Å². The van der Waals surface area contributed by atoms with Crippen LogP contribution in [0.2, 0.25) is 0 Å². The van der Waals surface area contributed by atoms with Crippen LogP contribution in [0.4, 0.5) is 0 Å². The largest absolute Gasteiger partial charge is 0.383 e. The van der Waals surface area contributed by atoms with Gasteiger partial charge in [-0.25, -0.2) is 0 Å². The van der Waals surface area contributed by atoms with E-state index in [-0.39, 0.29) is 5.91 Å². The molecule has 4 heteroatoms. The van der Waals surface area contributed by atoms with Gasteiger partial charge in [-0.05, 0) is 47.5 Å². The number of nitrogens with zero attached hydrogens (tertiary/aromatic N) is 2. The van der Waals surface area contributed by atoms with Crippen LogP contribution in [0.25, 0.3) is 10.8 Å². The Kier molecular flexibility index (Phi) is 6.48. The van der Waals surface area contributed by atoms with Crippen LogP contribution in [-0.4, -0.2) is 35.6 Å². The van der Waals surface area contributed by atoms with Crippen molar-refractivity contribution in [2.24, 2.45) is 0 Å². The van der Waals surface area contributed by atoms with Crippen LogP contribution in [0.3, 0.4) is 0 Å². The van der Waals surface area contributed by atoms with Gasteiger partial charge in [0.2, 0.25) is 0 Å². The average Bonchev–Trinajstić information content (AvgIpc) is 3.23. The molecule has 1 aromatic heterocycles. The fourth-order valence-electron chi connectivity index (χ4n) is 3.79. The molecule has 0 radical (unpaired) electrons. The molecule has 158 valence electrons. The van der Waals surface area contributed by atoms with Crippen LogP contribution in [0.5, 0.6) is 0 Å². The highest BCUT2D eigenvalue weighted by Crippen LogP contribution is 2.19. The fraction of sp³-hybridized carbons (Fsp3) is 0.222. The minimum Gasteiger partial charge on any atom is -0.383 e. The number of methoxy groups -OCH3 is 1. The van der Waals surface area contributed by atoms with E-state index >= 15 is 0 Å². The molecule has 0 unspecified atom stereocenters. The summed E-state index contributed by atoms with van der Waals surface area (Å²) < 4.78 is 7.49. The minimum atomic E-state index is 0.0193. The van der Waals surface area contributed by atoms with Crippen LogP contribution in [-0.2, 0) is 17.8 Å². The van der Waals surface area contributed by atoms with Crippen molar-refractivity contribution in [1.29, 1.82) is 0 Å². The molecule has 0 saturated heterocycles. The third-order valence-electron chi connectivity index (χ3n) is 5.60. The van der Waals surface area contributed by atoms with Crippen molar-refractivity contribution in [3.05, 3.63) is 107 Å². The van der Waals surface area contributed by atoms with Gasteiger partial charge in [0.25, 0.3) is 5.91 Å². The van der Waals surface area contributed by atoms with E-state index in [1.54, 1.807) is 7.11 Å². The van der Waals surface area contributed by atoms with Gasteiger partial charge in [0, 0.05) is 37.7 Å². The molecule has 31 heavy (non-hydrogen) atoms. The number of hydrogen-bond donors (Lipinski definition) is 0. The molecule has 0 saturated carbocycles. The molecule has 0 spiro atoms. The molecule has 1 amide bonds. The maximum absolute atomic E-state index is 13.4. The van der Waals surface area contributed by atoms with Gasteiger partial charge in [0.1, 0.15) is 0 Å². The maximum atomic E-state index is 13.4. The summed E-state index contributed by atoms with van der Waals surface area (Å²) in [5.41, 5.74) is 4.30. The van der Waals surface area contributed by atoms with Crippen molar-refractivity contribution in [2.45, 2.75) is 20.0 Å². The van der Waals surface area contributed by atoms with E-state index < -0.39 is 0 Å². The molecule has 0 bridgehead atoms. The fourth-order valence-corrected chi connectivity index (χ4v) is 3.79. The lowest BCUT2D eigenvalue weighted by Crippen LogP contribution is -2.34. The summed E-state index contributed by atoms with van der Waals surface area (Å²) in [5, 5.41) is 2.21. The topological polar surface area (TPSA) is 34.5 Å². The Morgan fingerprint density at radius 2 is 1.71 bits per heavy atom. The first kappa shape index (κ1) is 20.9. The van der Waals surface area contributed by atoms with Crippen molar-refractivity contribution in [3.63, 3.8) is 0 Å². The molecule has 0 aliphatic heterocycles. The molecule has 0 N–H and O–H groups in total. The summed E-state index contributed by atoms with van der Waals surface area (Å²) in [6.07, 6.45) is 2.07. The van der Waals surface area contributed by atoms with E-state index in [0.717, 1.165) is 23.0 Å². The van der Waals surface area contributed by atoms with Gasteiger partial charge in [0.15, 0.2) is 0 Å². The lowest BCUT2D eigenvalue weighted by Gasteiger charge is -2.24. The third kappa shape index (κ3) is 5.04. The molecule has 0 aliphatic carbocycles. The molecule has 0 atom stereocenters. The van der Waals surface area contributed by atoms with Gasteiger partial charge in [-0.1, -0.05) is 60.2 Å². The number of benzene rings is 3. The number of aryl methyl sites for hydroxylation is 1. The van der Waals surface area contributed by atoms with Crippen molar-refractivity contribution in [2.75, 3.05) is 20.3 Å². The SMILES string of the molecule is COCCN(Cc1cccn1Cc1ccc(C)cc1)C(=O)c1ccc2ccccc2c1. The van der Waals surface area contributed by atoms with Gasteiger partial charge in [-0.2, -0.15) is 0 Å². The van der Waals surface area contributed by atoms with Gasteiger partial charge in [0.05, 0.1) is 13.2 Å². The molecular weight excluding hydrogens is 384 g/mol. The van der Waals surface area contributed by atoms with Gasteiger partial charge >= 0.3 is 0 Å². The predicted octanol–water partition coefficient (Wildman–Crippen LogP) is 5.29. The van der Waals surface area contributed by atoms with E-state index in [1.807, 2.05) is 47.4 Å². The van der Waals surface area contributed by atoms with Crippen molar-refractivity contribution < 1.29 is 9.53 Å². The first-order chi connectivity index (χ1) is 15.1. The Labute approximate surface area is 183 Å². The Morgan fingerprint density at radius 3 is 2.48 bits per heavy atom. The molecule has 0 fully saturated rings. The van der Waals surface area contributed by atoms with Crippen LogP contribution < -0.4 is 0 Å². The van der Waals surface area contributed by atoms with Gasteiger partial charge in [-0.3, -0.25) is 4.79 Å². The lowest BCUT2D eigenvalue weighted by atomic mass is 10.1. The highest BCUT2D eigenvalue weighted by atomic mass is 16.5. The maximum Gasteiger partial charge on any atom is 0.254 e. The first-order valence-corrected chi connectivity index (χ1v) is 10.6. The number of rotatable bonds is 8. The monoisotopic (exact) mass is 412 g/mol. The number of ether oxygens (including phenoxy) is 1. The van der Waals surface area contributed by atoms with Crippen molar-refractivity contribution in [3.8, 4) is 0 Å². The molecule has 4 nitrogen and oxygen atoms in total. The Morgan fingerprint density at radius 1 is 0.935 bits per heavy atom. The molecule has 1 heterocycles. The number of aromatic nitrogens is 1. The zero-order valence-electron chi connectivity index (χ0n) is 18.1. The average molecular weight is 413 g/mol. The molecule has 3 aromatic carbocycles. The highest BCUT2D eigenvalue weighted by Gasteiger charge is 2.18. The van der Waals surface area contributed by atoms with E-state index in [0.29, 0.717) is 25.3 Å². The summed E-state index contributed by atoms with van der Waals surface area (Å²) in [6.45, 7) is 4.45. The summed E-state index contributed by atoms with van der Waals surface area (Å²) in [6, 6.07) is 26.7. The Hall–Kier alpha value is -3.37. The Bertz CT molecular complexity index is 1160. The van der Waals surface area contributed by atoms with E-state index in [1.165, 1.54) is 11.1 Å². The standard InChI is InChI=1S/C27H28N2O2/c1-21-9-11-22(12-10-21)19-28-15-5-8-26(28)20-29(16-17-31-2)27(30)25-14-13-23-6-3-4-7-24(23)18-25/h3-15,18H,16-17,19-20H2,1-2H3. The second-order valence-corrected chi connectivity index (χ2v) is 7.89. The first-order valence-electron chi connectivity index (χ1n) is 10.6. The summed E-state index contributed by atoms with van der Waals surface area (Å²) in [5.74, 6) is 0.0193. The Balaban J connectivity index is 1.56. The van der Waals surface area contributed by atoms with Gasteiger partial charge in [-0.15, -0.1) is 0 Å². The zero-order valence-corrected chi connectivity index (χ0v) is 18.1. The van der Waals surface area contributed by atoms with E-state index in [4.69, 9.17) is 4.74 Å². The van der Waals surface area contributed by atoms with E-state index in [2.05, 4.69) is 54.1 Å². The molecule has 0 aliphatic rings. The highest BCUT2D eigenvalue weighted by molar-refractivity contribution is 5.98. The van der Waals surface area contributed by atoms with Crippen LogP contribution in [0.1, 0.15) is 27.2 Å².